The molecule has 2 aliphatic rings. The maximum absolute atomic E-state index is 12.5. The number of hydrogen-bond donors (Lipinski definition) is 0. The number of fused-ring (bicyclic) bond motifs is 1. The summed E-state index contributed by atoms with van der Waals surface area (Å²) in [6.07, 6.45) is 6.88. The number of carbonyl (C=O) groups excluding carboxylic acids is 2. The average molecular weight is 392 g/mol. The topological polar surface area (TPSA) is 89.7 Å². The van der Waals surface area contributed by atoms with Crippen molar-refractivity contribution in [1.29, 1.82) is 0 Å². The third kappa shape index (κ3) is 5.22. The van der Waals surface area contributed by atoms with Crippen LogP contribution in [-0.4, -0.2) is 46.6 Å². The first kappa shape index (κ1) is 19.7. The maximum atomic E-state index is 12.5. The number of amides is 1. The van der Waals surface area contributed by atoms with Crippen molar-refractivity contribution in [3.8, 4) is 0 Å². The van der Waals surface area contributed by atoms with Crippen molar-refractivity contribution in [3.63, 3.8) is 0 Å². The zero-order valence-corrected chi connectivity index (χ0v) is 16.0. The molecule has 1 heterocycles. The van der Waals surface area contributed by atoms with Gasteiger partial charge in [-0.25, -0.2) is 0 Å². The quantitative estimate of drug-likeness (QED) is 0.319. The van der Waals surface area contributed by atoms with E-state index in [9.17, 15) is 19.7 Å². The van der Waals surface area contributed by atoms with Crippen molar-refractivity contribution in [2.75, 3.05) is 18.9 Å². The fourth-order valence-electron chi connectivity index (χ4n) is 4.01. The summed E-state index contributed by atoms with van der Waals surface area (Å²) in [5, 5.41) is 10.6. The molecule has 8 heteroatoms. The number of esters is 1. The van der Waals surface area contributed by atoms with Crippen LogP contribution in [0.25, 0.3) is 0 Å². The van der Waals surface area contributed by atoms with E-state index in [1.54, 1.807) is 12.1 Å². The van der Waals surface area contributed by atoms with Gasteiger partial charge in [-0.1, -0.05) is 12.8 Å². The van der Waals surface area contributed by atoms with Gasteiger partial charge in [-0.05, 0) is 43.7 Å². The zero-order chi connectivity index (χ0) is 19.2. The van der Waals surface area contributed by atoms with Crippen LogP contribution in [0.1, 0.15) is 38.5 Å². The highest BCUT2D eigenvalue weighted by molar-refractivity contribution is 8.00. The van der Waals surface area contributed by atoms with Gasteiger partial charge in [0.25, 0.3) is 11.6 Å². The minimum Gasteiger partial charge on any atom is -0.455 e. The van der Waals surface area contributed by atoms with Crippen molar-refractivity contribution in [3.05, 3.63) is 34.4 Å². The zero-order valence-electron chi connectivity index (χ0n) is 15.2. The lowest BCUT2D eigenvalue weighted by atomic mass is 9.78. The number of ether oxygens (including phenoxy) is 1. The fourth-order valence-corrected chi connectivity index (χ4v) is 4.70. The van der Waals surface area contributed by atoms with Gasteiger partial charge in [-0.2, -0.15) is 0 Å². The first-order valence-electron chi connectivity index (χ1n) is 9.37. The number of carbonyl (C=O) groups is 2. The van der Waals surface area contributed by atoms with Crippen LogP contribution in [0.3, 0.4) is 0 Å². The van der Waals surface area contributed by atoms with Gasteiger partial charge in [-0.3, -0.25) is 19.7 Å². The highest BCUT2D eigenvalue weighted by Gasteiger charge is 2.35. The molecule has 0 spiro atoms. The predicted octanol–water partition coefficient (Wildman–Crippen LogP) is 3.41. The lowest BCUT2D eigenvalue weighted by molar-refractivity contribution is -0.384. The Morgan fingerprint density at radius 1 is 1.15 bits per heavy atom. The molecule has 0 N–H and O–H groups in total. The molecular weight excluding hydrogens is 368 g/mol. The first-order chi connectivity index (χ1) is 13.0. The Kier molecular flexibility index (Phi) is 6.71. The van der Waals surface area contributed by atoms with Crippen molar-refractivity contribution in [2.45, 2.75) is 49.5 Å². The summed E-state index contributed by atoms with van der Waals surface area (Å²) < 4.78 is 5.16. The number of likely N-dealkylation sites (tertiary alicyclic amines) is 1. The molecule has 1 aliphatic heterocycles. The second-order valence-corrected chi connectivity index (χ2v) is 8.09. The van der Waals surface area contributed by atoms with E-state index in [2.05, 4.69) is 0 Å². The Hall–Kier alpha value is -2.09. The van der Waals surface area contributed by atoms with E-state index in [4.69, 9.17) is 4.74 Å². The Labute approximate surface area is 162 Å². The Balaban J connectivity index is 1.43. The van der Waals surface area contributed by atoms with Crippen molar-refractivity contribution >= 4 is 29.3 Å². The van der Waals surface area contributed by atoms with Crippen LogP contribution in [0.5, 0.6) is 0 Å². The molecule has 1 amide bonds. The number of non-ortho nitro benzene ring substituents is 1. The average Bonchev–Trinajstić information content (AvgIpc) is 2.70. The minimum atomic E-state index is -0.466. The summed E-state index contributed by atoms with van der Waals surface area (Å²) in [6.45, 7) is 0.554. The fraction of sp³-hybridized carbons (Fsp3) is 0.579. The Morgan fingerprint density at radius 3 is 2.59 bits per heavy atom. The molecule has 0 unspecified atom stereocenters. The highest BCUT2D eigenvalue weighted by atomic mass is 32.2. The van der Waals surface area contributed by atoms with E-state index in [1.807, 2.05) is 4.90 Å². The second kappa shape index (κ2) is 9.21. The lowest BCUT2D eigenvalue weighted by Gasteiger charge is -2.44. The van der Waals surface area contributed by atoms with Crippen LogP contribution in [0.2, 0.25) is 0 Å². The summed E-state index contributed by atoms with van der Waals surface area (Å²) in [4.78, 5) is 37.3. The minimum absolute atomic E-state index is 0.00933. The van der Waals surface area contributed by atoms with Gasteiger partial charge >= 0.3 is 5.97 Å². The summed E-state index contributed by atoms with van der Waals surface area (Å²) in [5.41, 5.74) is 0.00933. The summed E-state index contributed by atoms with van der Waals surface area (Å²) in [6, 6.07) is 6.30. The van der Waals surface area contributed by atoms with Crippen molar-refractivity contribution in [1.82, 2.24) is 4.90 Å². The van der Waals surface area contributed by atoms with Crippen LogP contribution in [0.15, 0.2) is 29.2 Å². The third-order valence-electron chi connectivity index (χ3n) is 5.32. The van der Waals surface area contributed by atoms with Crippen LogP contribution < -0.4 is 0 Å². The van der Waals surface area contributed by atoms with E-state index in [1.165, 1.54) is 43.2 Å². The molecule has 1 saturated heterocycles. The molecule has 0 aromatic heterocycles. The van der Waals surface area contributed by atoms with Crippen LogP contribution in [0, 0.1) is 16.0 Å². The summed E-state index contributed by atoms with van der Waals surface area (Å²) in [7, 11) is 0. The number of thioether (sulfide) groups is 1. The van der Waals surface area contributed by atoms with Gasteiger partial charge < -0.3 is 9.64 Å². The van der Waals surface area contributed by atoms with E-state index >= 15 is 0 Å². The number of benzene rings is 1. The largest absolute Gasteiger partial charge is 0.455 e. The van der Waals surface area contributed by atoms with Crippen LogP contribution >= 0.6 is 11.8 Å². The third-order valence-corrected chi connectivity index (χ3v) is 6.31. The molecule has 1 aromatic carbocycles. The lowest BCUT2D eigenvalue weighted by Crippen LogP contribution is -2.50. The standard InChI is InChI=1S/C19H24N2O5S/c22-18(20-11-3-5-14-4-1-2-6-17(14)20)12-26-19(23)13-27-16-9-7-15(8-10-16)21(24)25/h7-10,14,17H,1-6,11-13H2/t14-,17-/m0/s1. The van der Waals surface area contributed by atoms with Gasteiger partial charge in [0, 0.05) is 29.6 Å². The number of hydrogen-bond acceptors (Lipinski definition) is 6. The summed E-state index contributed by atoms with van der Waals surface area (Å²) >= 11 is 1.23. The number of nitro benzene ring substituents is 1. The van der Waals surface area contributed by atoms with E-state index in [0.29, 0.717) is 12.0 Å². The molecule has 27 heavy (non-hydrogen) atoms. The number of nitro groups is 1. The molecule has 146 valence electrons. The van der Waals surface area contributed by atoms with Gasteiger partial charge in [0.15, 0.2) is 6.61 Å². The van der Waals surface area contributed by atoms with Gasteiger partial charge in [-0.15, -0.1) is 11.8 Å². The van der Waals surface area contributed by atoms with E-state index in [-0.39, 0.29) is 24.0 Å². The Morgan fingerprint density at radius 2 is 1.85 bits per heavy atom. The molecule has 0 radical (unpaired) electrons. The highest BCUT2D eigenvalue weighted by Crippen LogP contribution is 2.35. The molecule has 2 atom stereocenters. The van der Waals surface area contributed by atoms with Crippen molar-refractivity contribution in [2.24, 2.45) is 5.92 Å². The maximum Gasteiger partial charge on any atom is 0.316 e. The molecule has 3 rings (SSSR count). The normalized spacial score (nSPS) is 22.0. The molecule has 1 aliphatic carbocycles. The molecule has 1 saturated carbocycles. The van der Waals surface area contributed by atoms with Gasteiger partial charge in [0.1, 0.15) is 0 Å². The SMILES string of the molecule is O=C(CSc1ccc([N+](=O)[O-])cc1)OCC(=O)N1CCC[C@@H]2CCCC[C@@H]21. The molecule has 2 fully saturated rings. The smallest absolute Gasteiger partial charge is 0.316 e. The van der Waals surface area contributed by atoms with E-state index < -0.39 is 10.9 Å². The first-order valence-corrected chi connectivity index (χ1v) is 10.4. The predicted molar refractivity (Wildman–Crippen MR) is 101 cm³/mol. The van der Waals surface area contributed by atoms with Gasteiger partial charge in [0.2, 0.25) is 0 Å². The molecule has 0 bridgehead atoms. The monoisotopic (exact) mass is 392 g/mol. The van der Waals surface area contributed by atoms with E-state index in [0.717, 1.165) is 30.7 Å². The van der Waals surface area contributed by atoms with Gasteiger partial charge in [0.05, 0.1) is 10.7 Å². The number of piperidine rings is 1. The molecule has 1 aromatic rings. The van der Waals surface area contributed by atoms with Crippen LogP contribution in [0.4, 0.5) is 5.69 Å². The van der Waals surface area contributed by atoms with Crippen LogP contribution in [-0.2, 0) is 14.3 Å². The Bertz CT molecular complexity index is 692. The summed E-state index contributed by atoms with van der Waals surface area (Å²) in [5.74, 6) is 0.117. The molecular formula is C19H24N2O5S. The van der Waals surface area contributed by atoms with Crippen molar-refractivity contribution < 1.29 is 19.2 Å². The molecule has 7 nitrogen and oxygen atoms in total. The number of nitrogens with zero attached hydrogens (tertiary/aromatic N) is 2. The number of rotatable bonds is 6. The second-order valence-electron chi connectivity index (χ2n) is 7.04.